The average Bonchev–Trinajstić information content (AvgIpc) is 3.10. The van der Waals surface area contributed by atoms with E-state index < -0.39 is 31.3 Å². The van der Waals surface area contributed by atoms with Crippen molar-refractivity contribution >= 4 is 16.9 Å². The van der Waals surface area contributed by atoms with Gasteiger partial charge in [0.1, 0.15) is 24.7 Å². The molecule has 0 unspecified atom stereocenters. The monoisotopic (exact) mass is 527 g/mol. The van der Waals surface area contributed by atoms with Crippen LogP contribution in [-0.2, 0) is 13.0 Å². The minimum absolute atomic E-state index is 0.229. The van der Waals surface area contributed by atoms with E-state index >= 15 is 0 Å². The van der Waals surface area contributed by atoms with E-state index in [9.17, 15) is 31.1 Å². The minimum Gasteiger partial charge on any atom is -0.494 e. The molecule has 1 saturated carbocycles. The first kappa shape index (κ1) is 26.8. The molecule has 2 aromatic carbocycles. The van der Waals surface area contributed by atoms with E-state index in [1.54, 1.807) is 6.07 Å². The van der Waals surface area contributed by atoms with Gasteiger partial charge in [-0.15, -0.1) is 0 Å². The van der Waals surface area contributed by atoms with E-state index in [0.29, 0.717) is 42.3 Å². The topological polar surface area (TPSA) is 47.4 Å². The molecule has 1 heterocycles. The third kappa shape index (κ3) is 6.95. The molecule has 5 nitrogen and oxygen atoms in total. The van der Waals surface area contributed by atoms with Crippen molar-refractivity contribution in [1.82, 2.24) is 14.5 Å². The standard InChI is InChI=1S/C26H27F6N3O2/c1-2-37-20-9-6-17(7-10-20)12-23-33-21-13-19(8-11-22(21)35(23)14-18-4-3-5-18)24(36)34(15-25(27,28)29)16-26(30,31)32/h6-11,13,18H,2-5,12,14-16H2,1H3. The lowest BCUT2D eigenvalue weighted by atomic mass is 9.85. The van der Waals surface area contributed by atoms with Crippen LogP contribution >= 0.6 is 0 Å². The van der Waals surface area contributed by atoms with Gasteiger partial charge >= 0.3 is 12.4 Å². The molecule has 1 aromatic heterocycles. The van der Waals surface area contributed by atoms with Gasteiger partial charge in [0.05, 0.1) is 17.6 Å². The lowest BCUT2D eigenvalue weighted by molar-refractivity contribution is -0.171. The number of ether oxygens (including phenoxy) is 1. The summed E-state index contributed by atoms with van der Waals surface area (Å²) in [7, 11) is 0. The van der Waals surface area contributed by atoms with Crippen LogP contribution in [-0.4, -0.2) is 52.4 Å². The second-order valence-electron chi connectivity index (χ2n) is 9.28. The smallest absolute Gasteiger partial charge is 0.406 e. The molecule has 0 spiro atoms. The SMILES string of the molecule is CCOc1ccc(Cc2nc3cc(C(=O)N(CC(F)(F)F)CC(F)(F)F)ccc3n2CC2CCC2)cc1. The van der Waals surface area contributed by atoms with E-state index in [1.165, 1.54) is 12.1 Å². The number of carbonyl (C=O) groups excluding carboxylic acids is 1. The molecule has 0 bridgehead atoms. The average molecular weight is 528 g/mol. The number of imidazole rings is 1. The number of amides is 1. The zero-order valence-electron chi connectivity index (χ0n) is 20.2. The van der Waals surface area contributed by atoms with Gasteiger partial charge in [-0.25, -0.2) is 4.98 Å². The molecule has 1 fully saturated rings. The third-order valence-corrected chi connectivity index (χ3v) is 6.36. The second-order valence-corrected chi connectivity index (χ2v) is 9.28. The molecule has 0 atom stereocenters. The predicted octanol–water partition coefficient (Wildman–Crippen LogP) is 6.39. The molecule has 200 valence electrons. The zero-order valence-corrected chi connectivity index (χ0v) is 20.2. The summed E-state index contributed by atoms with van der Waals surface area (Å²) in [6, 6.07) is 11.6. The van der Waals surface area contributed by atoms with E-state index in [2.05, 4.69) is 4.98 Å². The van der Waals surface area contributed by atoms with Crippen LogP contribution in [0.15, 0.2) is 42.5 Å². The van der Waals surface area contributed by atoms with E-state index in [4.69, 9.17) is 4.74 Å². The van der Waals surface area contributed by atoms with Crippen molar-refractivity contribution in [3.05, 3.63) is 59.4 Å². The molecule has 11 heteroatoms. The number of aromatic nitrogens is 2. The van der Waals surface area contributed by atoms with Crippen LogP contribution in [0, 0.1) is 5.92 Å². The summed E-state index contributed by atoms with van der Waals surface area (Å²) in [4.78, 5) is 17.1. The molecular weight excluding hydrogens is 500 g/mol. The highest BCUT2D eigenvalue weighted by molar-refractivity contribution is 5.97. The maximum atomic E-state index is 12.9. The highest BCUT2D eigenvalue weighted by atomic mass is 19.4. The quantitative estimate of drug-likeness (QED) is 0.303. The Morgan fingerprint density at radius 3 is 2.22 bits per heavy atom. The number of fused-ring (bicyclic) bond motifs is 1. The Balaban J connectivity index is 1.66. The molecular formula is C26H27F6N3O2. The maximum Gasteiger partial charge on any atom is 0.406 e. The summed E-state index contributed by atoms with van der Waals surface area (Å²) in [5.41, 5.74) is 1.72. The van der Waals surface area contributed by atoms with Gasteiger partial charge in [-0.2, -0.15) is 26.3 Å². The van der Waals surface area contributed by atoms with E-state index in [0.717, 1.165) is 30.6 Å². The van der Waals surface area contributed by atoms with E-state index in [-0.39, 0.29) is 10.5 Å². The number of benzene rings is 2. The molecule has 37 heavy (non-hydrogen) atoms. The van der Waals surface area contributed by atoms with Gasteiger partial charge in [-0.1, -0.05) is 18.6 Å². The first-order chi connectivity index (χ1) is 17.4. The van der Waals surface area contributed by atoms with Crippen LogP contribution in [0.5, 0.6) is 5.75 Å². The number of halogens is 6. The molecule has 0 saturated heterocycles. The summed E-state index contributed by atoms with van der Waals surface area (Å²) in [6.07, 6.45) is -6.20. The molecule has 3 aromatic rings. The number of alkyl halides is 6. The van der Waals surface area contributed by atoms with Crippen molar-refractivity contribution < 1.29 is 35.9 Å². The summed E-state index contributed by atoms with van der Waals surface area (Å²) in [5, 5.41) is 0. The number of hydrogen-bond acceptors (Lipinski definition) is 3. The van der Waals surface area contributed by atoms with Gasteiger partial charge in [0, 0.05) is 18.5 Å². The van der Waals surface area contributed by atoms with Gasteiger partial charge in [0.25, 0.3) is 5.91 Å². The highest BCUT2D eigenvalue weighted by Gasteiger charge is 2.40. The number of hydrogen-bond donors (Lipinski definition) is 0. The molecule has 1 aliphatic rings. The van der Waals surface area contributed by atoms with Crippen molar-refractivity contribution in [2.45, 2.75) is 51.5 Å². The molecule has 4 rings (SSSR count). The zero-order chi connectivity index (χ0) is 26.8. The highest BCUT2D eigenvalue weighted by Crippen LogP contribution is 2.31. The van der Waals surface area contributed by atoms with Gasteiger partial charge < -0.3 is 14.2 Å². The lowest BCUT2D eigenvalue weighted by Gasteiger charge is -2.27. The van der Waals surface area contributed by atoms with Crippen molar-refractivity contribution in [3.8, 4) is 5.75 Å². The Morgan fingerprint density at radius 1 is 1.03 bits per heavy atom. The largest absolute Gasteiger partial charge is 0.494 e. The maximum absolute atomic E-state index is 12.9. The molecule has 0 aliphatic heterocycles. The minimum atomic E-state index is -4.97. The third-order valence-electron chi connectivity index (χ3n) is 6.36. The molecule has 1 aliphatic carbocycles. The second kappa shape index (κ2) is 10.6. The van der Waals surface area contributed by atoms with Gasteiger partial charge in [-0.05, 0) is 61.6 Å². The Labute approximate surface area is 210 Å². The van der Waals surface area contributed by atoms with Gasteiger partial charge in [0.2, 0.25) is 0 Å². The van der Waals surface area contributed by atoms with Crippen LogP contribution in [0.25, 0.3) is 11.0 Å². The summed E-state index contributed by atoms with van der Waals surface area (Å²) < 4.78 is 85.0. The first-order valence-electron chi connectivity index (χ1n) is 12.1. The normalized spacial score (nSPS) is 14.6. The number of rotatable bonds is 9. The fourth-order valence-corrected chi connectivity index (χ4v) is 4.45. The Kier molecular flexibility index (Phi) is 7.70. The van der Waals surface area contributed by atoms with Crippen molar-refractivity contribution in [3.63, 3.8) is 0 Å². The number of nitrogens with zero attached hydrogens (tertiary/aromatic N) is 3. The van der Waals surface area contributed by atoms with Crippen LogP contribution in [0.4, 0.5) is 26.3 Å². The Morgan fingerprint density at radius 2 is 1.68 bits per heavy atom. The van der Waals surface area contributed by atoms with Gasteiger partial charge in [-0.3, -0.25) is 4.79 Å². The van der Waals surface area contributed by atoms with Crippen molar-refractivity contribution in [2.24, 2.45) is 5.92 Å². The van der Waals surface area contributed by atoms with Gasteiger partial charge in [0.15, 0.2) is 0 Å². The molecule has 0 N–H and O–H groups in total. The first-order valence-corrected chi connectivity index (χ1v) is 12.1. The Hall–Kier alpha value is -3.24. The van der Waals surface area contributed by atoms with Crippen molar-refractivity contribution in [2.75, 3.05) is 19.7 Å². The fraction of sp³-hybridized carbons (Fsp3) is 0.462. The fourth-order valence-electron chi connectivity index (χ4n) is 4.45. The van der Waals surface area contributed by atoms with Crippen LogP contribution in [0.3, 0.4) is 0 Å². The summed E-state index contributed by atoms with van der Waals surface area (Å²) >= 11 is 0. The van der Waals surface area contributed by atoms with Crippen molar-refractivity contribution in [1.29, 1.82) is 0 Å². The summed E-state index contributed by atoms with van der Waals surface area (Å²) in [6.45, 7) is -0.864. The van der Waals surface area contributed by atoms with Crippen LogP contribution in [0.1, 0.15) is 47.9 Å². The van der Waals surface area contributed by atoms with Crippen LogP contribution < -0.4 is 4.74 Å². The number of carbonyl (C=O) groups is 1. The lowest BCUT2D eigenvalue weighted by Crippen LogP contribution is -2.44. The van der Waals surface area contributed by atoms with Crippen LogP contribution in [0.2, 0.25) is 0 Å². The van der Waals surface area contributed by atoms with E-state index in [1.807, 2.05) is 35.8 Å². The predicted molar refractivity (Wildman–Crippen MR) is 126 cm³/mol. The summed E-state index contributed by atoms with van der Waals surface area (Å²) in [5.74, 6) is 0.558. The Bertz CT molecular complexity index is 1210. The molecule has 1 amide bonds. The molecule has 0 radical (unpaired) electrons.